The molecule has 1 amide bonds. The van der Waals surface area contributed by atoms with E-state index in [4.69, 9.17) is 37.1 Å². The Hall–Kier alpha value is -4.01. The molecule has 1 aromatic heterocycles. The van der Waals surface area contributed by atoms with E-state index in [-0.39, 0.29) is 29.5 Å². The van der Waals surface area contributed by atoms with Gasteiger partial charge in [-0.3, -0.25) is 14.9 Å². The molecular weight excluding hydrogens is 507 g/mol. The van der Waals surface area contributed by atoms with E-state index in [0.29, 0.717) is 27.3 Å². The number of benzene rings is 3. The van der Waals surface area contributed by atoms with E-state index in [1.807, 2.05) is 13.8 Å². The number of hydrogen-bond donors (Lipinski definition) is 1. The highest BCUT2D eigenvalue weighted by Crippen LogP contribution is 2.31. The smallest absolute Gasteiger partial charge is 0.291 e. The fraction of sp³-hybridized carbons (Fsp3) is 0.115. The van der Waals surface area contributed by atoms with Gasteiger partial charge in [-0.2, -0.15) is 0 Å². The van der Waals surface area contributed by atoms with Crippen molar-refractivity contribution in [2.24, 2.45) is 0 Å². The summed E-state index contributed by atoms with van der Waals surface area (Å²) in [7, 11) is 0. The van der Waals surface area contributed by atoms with Gasteiger partial charge in [-0.25, -0.2) is 0 Å². The van der Waals surface area contributed by atoms with Gasteiger partial charge in [0.1, 0.15) is 29.6 Å². The molecule has 0 saturated carbocycles. The number of anilines is 1. The third-order valence-corrected chi connectivity index (χ3v) is 5.97. The van der Waals surface area contributed by atoms with Gasteiger partial charge in [-0.05, 0) is 73.5 Å². The molecule has 10 heteroatoms. The van der Waals surface area contributed by atoms with Gasteiger partial charge in [0.2, 0.25) is 0 Å². The predicted octanol–water partition coefficient (Wildman–Crippen LogP) is 7.74. The fourth-order valence-electron chi connectivity index (χ4n) is 3.27. The van der Waals surface area contributed by atoms with Gasteiger partial charge in [0.25, 0.3) is 11.6 Å². The molecule has 0 atom stereocenters. The summed E-state index contributed by atoms with van der Waals surface area (Å²) in [4.78, 5) is 23.6. The molecule has 0 bridgehead atoms. The van der Waals surface area contributed by atoms with E-state index < -0.39 is 10.8 Å². The first-order valence-electron chi connectivity index (χ1n) is 10.7. The number of carbonyl (C=O) groups excluding carboxylic acids is 1. The number of amides is 1. The lowest BCUT2D eigenvalue weighted by Crippen LogP contribution is -2.11. The topological polar surface area (TPSA) is 104 Å². The van der Waals surface area contributed by atoms with E-state index in [1.165, 1.54) is 24.3 Å². The summed E-state index contributed by atoms with van der Waals surface area (Å²) in [5.74, 6) is 1.09. The zero-order valence-electron chi connectivity index (χ0n) is 19.2. The number of non-ortho nitro benzene ring substituents is 1. The third kappa shape index (κ3) is 6.16. The highest BCUT2D eigenvalue weighted by Gasteiger charge is 2.17. The Morgan fingerprint density at radius 2 is 1.58 bits per heavy atom. The van der Waals surface area contributed by atoms with Gasteiger partial charge >= 0.3 is 0 Å². The van der Waals surface area contributed by atoms with Crippen LogP contribution in [0, 0.1) is 24.0 Å². The summed E-state index contributed by atoms with van der Waals surface area (Å²) < 4.78 is 17.0. The number of nitrogens with zero attached hydrogens (tertiary/aromatic N) is 1. The van der Waals surface area contributed by atoms with Crippen LogP contribution in [-0.2, 0) is 6.61 Å². The SMILES string of the molecule is Cc1cc(OCc2ccc(C(=O)Nc3cc(Oc4ccc(Cl)c(C)c4)cc([N+](=O)[O-])c3)o2)ccc1Cl. The van der Waals surface area contributed by atoms with Crippen molar-refractivity contribution in [1.82, 2.24) is 0 Å². The van der Waals surface area contributed by atoms with E-state index in [0.717, 1.165) is 11.1 Å². The van der Waals surface area contributed by atoms with Crippen molar-refractivity contribution in [3.05, 3.63) is 110 Å². The van der Waals surface area contributed by atoms with Gasteiger partial charge < -0.3 is 19.2 Å². The van der Waals surface area contributed by atoms with Crippen molar-refractivity contribution in [3.63, 3.8) is 0 Å². The van der Waals surface area contributed by atoms with Gasteiger partial charge in [0, 0.05) is 22.2 Å². The minimum atomic E-state index is -0.586. The van der Waals surface area contributed by atoms with Crippen LogP contribution in [-0.4, -0.2) is 10.8 Å². The van der Waals surface area contributed by atoms with Crippen LogP contribution in [0.2, 0.25) is 10.0 Å². The molecule has 1 N–H and O–H groups in total. The number of ether oxygens (including phenoxy) is 2. The number of nitro groups is 1. The Labute approximate surface area is 216 Å². The lowest BCUT2D eigenvalue weighted by molar-refractivity contribution is -0.384. The number of nitrogens with one attached hydrogen (secondary N) is 1. The van der Waals surface area contributed by atoms with E-state index in [9.17, 15) is 14.9 Å². The number of furan rings is 1. The average Bonchev–Trinajstić information content (AvgIpc) is 3.31. The number of rotatable bonds is 8. The van der Waals surface area contributed by atoms with Crippen molar-refractivity contribution in [3.8, 4) is 17.2 Å². The van der Waals surface area contributed by atoms with Crippen LogP contribution in [0.4, 0.5) is 11.4 Å². The second-order valence-electron chi connectivity index (χ2n) is 7.91. The molecule has 0 aliphatic carbocycles. The molecule has 4 aromatic rings. The summed E-state index contributed by atoms with van der Waals surface area (Å²) in [5.41, 5.74) is 1.58. The van der Waals surface area contributed by atoms with Gasteiger partial charge in [0.05, 0.1) is 16.7 Å². The Morgan fingerprint density at radius 1 is 0.917 bits per heavy atom. The van der Waals surface area contributed by atoms with Gasteiger partial charge in [0.15, 0.2) is 5.76 Å². The zero-order chi connectivity index (χ0) is 25.8. The second-order valence-corrected chi connectivity index (χ2v) is 8.72. The Kier molecular flexibility index (Phi) is 7.47. The predicted molar refractivity (Wildman–Crippen MR) is 137 cm³/mol. The number of halogens is 2. The third-order valence-electron chi connectivity index (χ3n) is 5.12. The summed E-state index contributed by atoms with van der Waals surface area (Å²) in [5, 5.41) is 15.2. The monoisotopic (exact) mass is 526 g/mol. The normalized spacial score (nSPS) is 10.7. The van der Waals surface area contributed by atoms with Crippen LogP contribution in [0.1, 0.15) is 27.4 Å². The quantitative estimate of drug-likeness (QED) is 0.186. The van der Waals surface area contributed by atoms with Crippen LogP contribution in [0.3, 0.4) is 0 Å². The summed E-state index contributed by atoms with van der Waals surface area (Å²) >= 11 is 12.1. The molecule has 184 valence electrons. The highest BCUT2D eigenvalue weighted by molar-refractivity contribution is 6.31. The average molecular weight is 527 g/mol. The van der Waals surface area contributed by atoms with Crippen molar-refractivity contribution in [1.29, 1.82) is 0 Å². The molecule has 0 spiro atoms. The standard InChI is InChI=1S/C26H20Cl2N2O6/c1-15-9-19(3-6-23(15)27)34-14-21-5-8-25(36-21)26(31)29-17-11-18(30(32)33)13-22(12-17)35-20-4-7-24(28)16(2)10-20/h3-13H,14H2,1-2H3,(H,29,31). The molecule has 1 heterocycles. The summed E-state index contributed by atoms with van der Waals surface area (Å²) in [6, 6.07) is 17.4. The first-order chi connectivity index (χ1) is 17.2. The first-order valence-corrected chi connectivity index (χ1v) is 11.5. The highest BCUT2D eigenvalue weighted by atomic mass is 35.5. The zero-order valence-corrected chi connectivity index (χ0v) is 20.7. The van der Waals surface area contributed by atoms with Crippen LogP contribution in [0.15, 0.2) is 71.1 Å². The molecule has 36 heavy (non-hydrogen) atoms. The van der Waals surface area contributed by atoms with Gasteiger partial charge in [-0.15, -0.1) is 0 Å². The maximum atomic E-state index is 12.7. The van der Waals surface area contributed by atoms with Crippen molar-refractivity contribution < 1.29 is 23.6 Å². The Balaban J connectivity index is 1.46. The lowest BCUT2D eigenvalue weighted by Gasteiger charge is -2.10. The summed E-state index contributed by atoms with van der Waals surface area (Å²) in [6.45, 7) is 3.78. The minimum absolute atomic E-state index is 0.0168. The van der Waals surface area contributed by atoms with Crippen molar-refractivity contribution >= 4 is 40.5 Å². The van der Waals surface area contributed by atoms with Gasteiger partial charge in [-0.1, -0.05) is 23.2 Å². The number of nitro benzene ring substituents is 1. The number of aryl methyl sites for hydroxylation is 2. The maximum absolute atomic E-state index is 12.7. The maximum Gasteiger partial charge on any atom is 0.291 e. The molecule has 0 fully saturated rings. The van der Waals surface area contributed by atoms with Crippen molar-refractivity contribution in [2.45, 2.75) is 20.5 Å². The Bertz CT molecular complexity index is 1450. The largest absolute Gasteiger partial charge is 0.486 e. The molecule has 4 rings (SSSR count). The fourth-order valence-corrected chi connectivity index (χ4v) is 3.50. The Morgan fingerprint density at radius 3 is 2.25 bits per heavy atom. The molecule has 0 aliphatic rings. The lowest BCUT2D eigenvalue weighted by atomic mass is 10.2. The van der Waals surface area contributed by atoms with Crippen LogP contribution in [0.5, 0.6) is 17.2 Å². The molecule has 8 nitrogen and oxygen atoms in total. The van der Waals surface area contributed by atoms with Crippen LogP contribution < -0.4 is 14.8 Å². The van der Waals surface area contributed by atoms with Crippen molar-refractivity contribution in [2.75, 3.05) is 5.32 Å². The minimum Gasteiger partial charge on any atom is -0.486 e. The molecule has 0 aliphatic heterocycles. The van der Waals surface area contributed by atoms with E-state index >= 15 is 0 Å². The number of carbonyl (C=O) groups is 1. The van der Waals surface area contributed by atoms with E-state index in [1.54, 1.807) is 42.5 Å². The molecule has 3 aromatic carbocycles. The molecule has 0 saturated heterocycles. The number of hydrogen-bond acceptors (Lipinski definition) is 6. The first kappa shape index (κ1) is 25.1. The summed E-state index contributed by atoms with van der Waals surface area (Å²) in [6.07, 6.45) is 0. The second kappa shape index (κ2) is 10.7. The molecular formula is C26H20Cl2N2O6. The van der Waals surface area contributed by atoms with Crippen LogP contribution in [0.25, 0.3) is 0 Å². The van der Waals surface area contributed by atoms with Crippen LogP contribution >= 0.6 is 23.2 Å². The van der Waals surface area contributed by atoms with E-state index in [2.05, 4.69) is 5.32 Å². The molecule has 0 radical (unpaired) electrons. The molecule has 0 unspecified atom stereocenters.